The minimum atomic E-state index is -2.11. The first-order valence-electron chi connectivity index (χ1n) is 16.5. The number of aliphatic hydroxyl groups is 12. The van der Waals surface area contributed by atoms with Crippen LogP contribution < -0.4 is 14.9 Å². The number of benzene rings is 2. The molecule has 6 rings (SSSR count). The molecule has 15 atom stereocenters. The molecule has 0 spiro atoms. The minimum Gasteiger partial charge on any atom is -0.506 e. The first-order chi connectivity index (χ1) is 25.6. The summed E-state index contributed by atoms with van der Waals surface area (Å²) in [6, 6.07) is 6.27. The van der Waals surface area contributed by atoms with Gasteiger partial charge in [-0.05, 0) is 24.3 Å². The first-order valence-corrected chi connectivity index (χ1v) is 16.5. The van der Waals surface area contributed by atoms with E-state index in [2.05, 4.69) is 0 Å². The number of aliphatic hydroxyl groups excluding tert-OH is 12. The molecule has 21 heteroatoms. The number of fused-ring (bicyclic) bond motifs is 1. The zero-order valence-electron chi connectivity index (χ0n) is 27.8. The normalized spacial score (nSPS) is 37.3. The second kappa shape index (κ2) is 15.8. The van der Waals surface area contributed by atoms with Gasteiger partial charge in [0.05, 0.1) is 25.4 Å². The number of phenolic OH excluding ortho intramolecular Hbond substituents is 2. The third kappa shape index (κ3) is 6.98. The first kappa shape index (κ1) is 39.9. The van der Waals surface area contributed by atoms with Gasteiger partial charge in [0.15, 0.2) is 16.8 Å². The van der Waals surface area contributed by atoms with Crippen LogP contribution in [0.4, 0.5) is 0 Å². The van der Waals surface area contributed by atoms with Crippen molar-refractivity contribution in [3.05, 3.63) is 46.1 Å². The molecule has 3 aromatic rings. The van der Waals surface area contributed by atoms with Crippen LogP contribution in [0.3, 0.4) is 0 Å². The molecule has 0 unspecified atom stereocenters. The topological polar surface area (TPSA) is 360 Å². The average Bonchev–Trinajstić information content (AvgIpc) is 3.16. The van der Waals surface area contributed by atoms with Gasteiger partial charge < -0.3 is 99.6 Å². The van der Waals surface area contributed by atoms with Crippen molar-refractivity contribution in [3.63, 3.8) is 0 Å². The minimum absolute atomic E-state index is 0.0473. The van der Waals surface area contributed by atoms with Crippen molar-refractivity contribution in [2.75, 3.05) is 19.8 Å². The highest BCUT2D eigenvalue weighted by molar-refractivity contribution is 5.93. The number of aromatic hydroxyl groups is 2. The van der Waals surface area contributed by atoms with Crippen LogP contribution in [0.15, 0.2) is 39.5 Å². The summed E-state index contributed by atoms with van der Waals surface area (Å²) < 4.78 is 33.4. The Kier molecular flexibility index (Phi) is 11.7. The van der Waals surface area contributed by atoms with E-state index in [1.807, 2.05) is 0 Å². The average molecular weight is 773 g/mol. The Morgan fingerprint density at radius 1 is 0.574 bits per heavy atom. The second-order valence-electron chi connectivity index (χ2n) is 13.0. The SMILES string of the molecule is O=c1cc(-c2ccc(O[C@@H]3O[C@H](CO)[C@@H](O)[C@H](O)[C@H]3O)cc2)oc2c(O)c(O[C@@H]3O[C@H](CO)[C@@H](O)[C@H](O)[C@H]3O)c([C@@H]3O[C@H](CO)[C@@H](O)[C@H](O)[C@H]3O)c(O)c12. The fourth-order valence-corrected chi connectivity index (χ4v) is 6.50. The lowest BCUT2D eigenvalue weighted by Crippen LogP contribution is -2.60. The van der Waals surface area contributed by atoms with Crippen LogP contribution in [0, 0.1) is 0 Å². The number of ether oxygens (including phenoxy) is 5. The Hall–Kier alpha value is -3.75. The Bertz CT molecular complexity index is 1830. The lowest BCUT2D eigenvalue weighted by atomic mass is 9.89. The van der Waals surface area contributed by atoms with Crippen LogP contribution in [0.1, 0.15) is 11.7 Å². The highest BCUT2D eigenvalue weighted by Gasteiger charge is 2.50. The van der Waals surface area contributed by atoms with Crippen LogP contribution in [-0.2, 0) is 14.2 Å². The number of phenols is 2. The molecule has 0 aliphatic carbocycles. The monoisotopic (exact) mass is 772 g/mol. The number of hydrogen-bond acceptors (Lipinski definition) is 21. The maximum atomic E-state index is 13.6. The fraction of sp³-hybridized carbons (Fsp3) is 0.545. The van der Waals surface area contributed by atoms with Crippen molar-refractivity contribution in [2.24, 2.45) is 0 Å². The Balaban J connectivity index is 1.42. The molecule has 3 aliphatic rings. The summed E-state index contributed by atoms with van der Waals surface area (Å²) in [4.78, 5) is 13.6. The Morgan fingerprint density at radius 3 is 1.57 bits per heavy atom. The number of rotatable bonds is 9. The van der Waals surface area contributed by atoms with Gasteiger partial charge in [0.25, 0.3) is 0 Å². The molecule has 54 heavy (non-hydrogen) atoms. The molecule has 0 amide bonds. The van der Waals surface area contributed by atoms with Crippen molar-refractivity contribution >= 4 is 11.0 Å². The molecular formula is C33H40O21. The van der Waals surface area contributed by atoms with Gasteiger partial charge in [-0.2, -0.15) is 0 Å². The third-order valence-electron chi connectivity index (χ3n) is 9.61. The molecule has 0 radical (unpaired) electrons. The van der Waals surface area contributed by atoms with E-state index in [9.17, 15) is 76.3 Å². The summed E-state index contributed by atoms with van der Waals surface area (Å²) in [5.41, 5.74) is -2.34. The van der Waals surface area contributed by atoms with Gasteiger partial charge in [0.2, 0.25) is 18.3 Å². The van der Waals surface area contributed by atoms with Gasteiger partial charge in [-0.25, -0.2) is 0 Å². The van der Waals surface area contributed by atoms with Crippen LogP contribution in [0.2, 0.25) is 0 Å². The van der Waals surface area contributed by atoms with Crippen LogP contribution in [0.25, 0.3) is 22.3 Å². The molecular weight excluding hydrogens is 732 g/mol. The molecule has 2 aromatic carbocycles. The van der Waals surface area contributed by atoms with Crippen molar-refractivity contribution < 1.29 is 99.6 Å². The Morgan fingerprint density at radius 2 is 1.06 bits per heavy atom. The maximum absolute atomic E-state index is 13.6. The van der Waals surface area contributed by atoms with Crippen molar-refractivity contribution in [2.45, 2.75) is 91.9 Å². The summed E-state index contributed by atoms with van der Waals surface area (Å²) in [5.74, 6) is -3.26. The predicted molar refractivity (Wildman–Crippen MR) is 173 cm³/mol. The van der Waals surface area contributed by atoms with Crippen LogP contribution in [-0.4, -0.2) is 177 Å². The smallest absolute Gasteiger partial charge is 0.229 e. The third-order valence-corrected chi connectivity index (χ3v) is 9.61. The van der Waals surface area contributed by atoms with E-state index >= 15 is 0 Å². The van der Waals surface area contributed by atoms with Gasteiger partial charge in [-0.1, -0.05) is 0 Å². The summed E-state index contributed by atoms with van der Waals surface area (Å²) in [5, 5.41) is 145. The molecule has 1 aromatic heterocycles. The highest BCUT2D eigenvalue weighted by Crippen LogP contribution is 2.51. The second-order valence-corrected chi connectivity index (χ2v) is 13.0. The zero-order chi connectivity index (χ0) is 39.3. The molecule has 21 nitrogen and oxygen atoms in total. The highest BCUT2D eigenvalue weighted by atomic mass is 16.7. The van der Waals surface area contributed by atoms with Crippen LogP contribution >= 0.6 is 0 Å². The van der Waals surface area contributed by atoms with Gasteiger partial charge >= 0.3 is 0 Å². The summed E-state index contributed by atoms with van der Waals surface area (Å²) in [6.07, 6.45) is -26.7. The summed E-state index contributed by atoms with van der Waals surface area (Å²) in [6.45, 7) is -2.49. The van der Waals surface area contributed by atoms with Gasteiger partial charge in [-0.15, -0.1) is 0 Å². The summed E-state index contributed by atoms with van der Waals surface area (Å²) in [7, 11) is 0. The standard InChI is InChI=1S/C33H40O21/c34-6-13-18(38)22(42)25(45)30(51-13)17-21(41)16-11(37)5-12(9-1-3-10(4-2-9)49-32-26(46)23(43)19(39)14(7-35)52-32)50-29(16)28(48)31(17)54-33-27(47)24(44)20(40)15(8-36)53-33/h1-5,13-15,18-20,22-27,30,32-36,38-48H,6-8H2/t13-,14-,15-,18-,19-,20-,22+,23+,24+,25-,26-,27-,30+,32-,33+/m1/s1. The van der Waals surface area contributed by atoms with Crippen molar-refractivity contribution in [3.8, 4) is 34.3 Å². The van der Waals surface area contributed by atoms with Gasteiger partial charge in [0.1, 0.15) is 102 Å². The van der Waals surface area contributed by atoms with E-state index in [0.717, 1.165) is 6.07 Å². The van der Waals surface area contributed by atoms with E-state index in [1.54, 1.807) is 0 Å². The summed E-state index contributed by atoms with van der Waals surface area (Å²) >= 11 is 0. The molecule has 3 fully saturated rings. The molecule has 298 valence electrons. The molecule has 0 saturated carbocycles. The molecule has 0 bridgehead atoms. The fourth-order valence-electron chi connectivity index (χ4n) is 6.50. The van der Waals surface area contributed by atoms with E-state index in [0.29, 0.717) is 0 Å². The van der Waals surface area contributed by atoms with Crippen molar-refractivity contribution in [1.82, 2.24) is 0 Å². The van der Waals surface area contributed by atoms with Gasteiger partial charge in [0, 0.05) is 11.6 Å². The van der Waals surface area contributed by atoms with Crippen molar-refractivity contribution in [1.29, 1.82) is 0 Å². The molecule has 14 N–H and O–H groups in total. The zero-order valence-corrected chi connectivity index (χ0v) is 27.8. The van der Waals surface area contributed by atoms with Gasteiger partial charge in [-0.3, -0.25) is 4.79 Å². The predicted octanol–water partition coefficient (Wildman–Crippen LogP) is -5.26. The lowest BCUT2D eigenvalue weighted by Gasteiger charge is -2.42. The lowest BCUT2D eigenvalue weighted by molar-refractivity contribution is -0.278. The molecule has 4 heterocycles. The van der Waals surface area contributed by atoms with E-state index in [-0.39, 0.29) is 17.1 Å². The number of hydrogen-bond donors (Lipinski definition) is 14. The molecule has 3 aliphatic heterocycles. The Labute approximate surface area is 302 Å². The quantitative estimate of drug-likeness (QED) is 0.0903. The van der Waals surface area contributed by atoms with E-state index in [4.69, 9.17) is 28.1 Å². The molecule has 3 saturated heterocycles. The maximum Gasteiger partial charge on any atom is 0.229 e. The van der Waals surface area contributed by atoms with Crippen LogP contribution in [0.5, 0.6) is 23.0 Å². The van der Waals surface area contributed by atoms with E-state index in [1.165, 1.54) is 24.3 Å². The largest absolute Gasteiger partial charge is 0.506 e. The van der Waals surface area contributed by atoms with E-state index < -0.39 is 151 Å².